The highest BCUT2D eigenvalue weighted by Crippen LogP contribution is 3.11. The zero-order valence-corrected chi connectivity index (χ0v) is 20.1. The number of hydrogen-bond acceptors (Lipinski definition) is 7. The molecule has 1 atom stereocenters. The van der Waals surface area contributed by atoms with Crippen molar-refractivity contribution < 1.29 is 23.8 Å². The van der Waals surface area contributed by atoms with Crippen molar-refractivity contribution in [2.24, 2.45) is 51.3 Å². The van der Waals surface area contributed by atoms with Gasteiger partial charge in [0.2, 0.25) is 0 Å². The Labute approximate surface area is 205 Å². The van der Waals surface area contributed by atoms with Crippen LogP contribution >= 0.6 is 27.3 Å². The zero-order valence-electron chi connectivity index (χ0n) is 17.7. The van der Waals surface area contributed by atoms with Crippen LogP contribution in [0.3, 0.4) is 0 Å². The Morgan fingerprint density at radius 2 is 1.91 bits per heavy atom. The molecule has 6 saturated carbocycles. The van der Waals surface area contributed by atoms with Crippen LogP contribution in [0.25, 0.3) is 0 Å². The second kappa shape index (κ2) is 5.79. The predicted molar refractivity (Wildman–Crippen MR) is 121 cm³/mol. The topological polar surface area (TPSA) is 101 Å². The lowest BCUT2D eigenvalue weighted by atomic mass is 8.92. The van der Waals surface area contributed by atoms with Crippen LogP contribution in [-0.4, -0.2) is 35.0 Å². The first-order chi connectivity index (χ1) is 16.4. The molecule has 2 heterocycles. The maximum atomic E-state index is 13.9. The standard InChI is InChI=1S/C24H17BrFN3O4S/c1-33-21(30)10-17(8-3-2-7(26)6-9(8)25)28-19(20-27-4-5-34-20)29-18(10)23-11-14-12(23)16-13(23)15(11)24(14,16)22(31)32/h2-6,11-17H,1H3,(H,28,29)(H,31,32)/t11?,12?,13?,14?,15?,16?,17-,23?,24?/m1/s1. The SMILES string of the molecule is COC(=O)C1=C(C23C4C5C2C2C3C4C52C(=O)O)NC(c2nccs2)=N[C@@H]1c1ccc(F)cc1Br. The molecule has 34 heavy (non-hydrogen) atoms. The highest BCUT2D eigenvalue weighted by molar-refractivity contribution is 9.10. The molecule has 1 aliphatic heterocycles. The fraction of sp³-hybridized carbons (Fsp3) is 0.417. The van der Waals surface area contributed by atoms with Crippen molar-refractivity contribution in [3.05, 3.63) is 61.9 Å². The lowest BCUT2D eigenvalue weighted by molar-refractivity contribution is -0.633. The van der Waals surface area contributed by atoms with Gasteiger partial charge in [0.1, 0.15) is 11.9 Å². The van der Waals surface area contributed by atoms with Crippen molar-refractivity contribution in [2.75, 3.05) is 7.11 Å². The summed E-state index contributed by atoms with van der Waals surface area (Å²) in [6.45, 7) is 0. The van der Waals surface area contributed by atoms with E-state index in [1.165, 1.54) is 30.6 Å². The van der Waals surface area contributed by atoms with E-state index in [2.05, 4.69) is 26.2 Å². The quantitative estimate of drug-likeness (QED) is 0.562. The summed E-state index contributed by atoms with van der Waals surface area (Å²) in [7, 11) is 1.35. The van der Waals surface area contributed by atoms with Gasteiger partial charge in [-0.15, -0.1) is 11.3 Å². The highest BCUT2D eigenvalue weighted by Gasteiger charge is 3.12. The summed E-state index contributed by atoms with van der Waals surface area (Å²) in [5.41, 5.74) is 1.17. The number of nitrogens with zero attached hydrogens (tertiary/aromatic N) is 2. The van der Waals surface area contributed by atoms with Gasteiger partial charge in [-0.25, -0.2) is 14.2 Å². The number of halogens is 2. The molecule has 0 amide bonds. The van der Waals surface area contributed by atoms with E-state index in [-0.39, 0.29) is 40.9 Å². The number of hydrogen-bond donors (Lipinski definition) is 2. The monoisotopic (exact) mass is 541 g/mol. The average molecular weight is 542 g/mol. The molecule has 9 rings (SSSR count). The first kappa shape index (κ1) is 19.7. The predicted octanol–water partition coefficient (Wildman–Crippen LogP) is 3.39. The molecule has 0 unspecified atom stereocenters. The number of aliphatic carboxylic acids is 1. The molecule has 7 aliphatic rings. The molecular formula is C24H17BrFN3O4S. The van der Waals surface area contributed by atoms with Gasteiger partial charge in [0.25, 0.3) is 0 Å². The Balaban J connectivity index is 1.30. The third-order valence-electron chi connectivity index (χ3n) is 9.78. The fourth-order valence-electron chi connectivity index (χ4n) is 9.07. The zero-order chi connectivity index (χ0) is 23.3. The molecule has 1 aromatic carbocycles. The Hall–Kier alpha value is -2.59. The number of carboxylic acids is 1. The summed E-state index contributed by atoms with van der Waals surface area (Å²) < 4.78 is 19.6. The number of methoxy groups -OCH3 is 1. The maximum absolute atomic E-state index is 13.9. The number of ether oxygens (including phenoxy) is 1. The summed E-state index contributed by atoms with van der Waals surface area (Å²) in [4.78, 5) is 34.6. The van der Waals surface area contributed by atoms with E-state index in [0.717, 1.165) is 5.70 Å². The number of allylic oxidation sites excluding steroid dienone is 1. The van der Waals surface area contributed by atoms with E-state index in [1.807, 2.05) is 5.38 Å². The largest absolute Gasteiger partial charge is 0.481 e. The van der Waals surface area contributed by atoms with Crippen molar-refractivity contribution in [3.63, 3.8) is 0 Å². The van der Waals surface area contributed by atoms with E-state index in [9.17, 15) is 19.1 Å². The van der Waals surface area contributed by atoms with Gasteiger partial charge >= 0.3 is 11.9 Å². The number of thiazole rings is 1. The number of benzene rings is 1. The van der Waals surface area contributed by atoms with Crippen LogP contribution in [0, 0.1) is 52.2 Å². The van der Waals surface area contributed by atoms with Crippen molar-refractivity contribution in [3.8, 4) is 0 Å². The molecule has 6 fully saturated rings. The molecule has 0 spiro atoms. The van der Waals surface area contributed by atoms with E-state index < -0.39 is 29.2 Å². The number of amidine groups is 1. The number of carbonyl (C=O) groups is 2. The van der Waals surface area contributed by atoms with Crippen LogP contribution < -0.4 is 5.32 Å². The van der Waals surface area contributed by atoms with Crippen LogP contribution in [0.4, 0.5) is 4.39 Å². The Morgan fingerprint density at radius 3 is 2.47 bits per heavy atom. The van der Waals surface area contributed by atoms with Crippen molar-refractivity contribution >= 4 is 45.0 Å². The van der Waals surface area contributed by atoms with Gasteiger partial charge in [0, 0.05) is 27.2 Å². The number of rotatable bonds is 5. The van der Waals surface area contributed by atoms with Crippen LogP contribution in [0.15, 0.2) is 50.5 Å². The summed E-state index contributed by atoms with van der Waals surface area (Å²) in [5, 5.41) is 15.9. The van der Waals surface area contributed by atoms with Gasteiger partial charge in [-0.05, 0) is 53.2 Å². The van der Waals surface area contributed by atoms with Crippen LogP contribution in [0.5, 0.6) is 0 Å². The molecule has 2 N–H and O–H groups in total. The number of nitrogens with one attached hydrogen (secondary N) is 1. The van der Waals surface area contributed by atoms with E-state index in [0.29, 0.717) is 26.5 Å². The molecule has 1 aromatic heterocycles. The van der Waals surface area contributed by atoms with E-state index >= 15 is 0 Å². The molecule has 6 aliphatic carbocycles. The van der Waals surface area contributed by atoms with Crippen LogP contribution in [0.2, 0.25) is 0 Å². The summed E-state index contributed by atoms with van der Waals surface area (Å²) >= 11 is 4.90. The smallest absolute Gasteiger partial charge is 0.338 e. The molecule has 0 radical (unpaired) electrons. The lowest BCUT2D eigenvalue weighted by Crippen LogP contribution is -3.11. The number of aliphatic imine (C=N–C) groups is 1. The number of carbonyl (C=O) groups excluding carboxylic acids is 1. The van der Waals surface area contributed by atoms with E-state index in [1.54, 1.807) is 12.3 Å². The molecule has 0 bridgehead atoms. The van der Waals surface area contributed by atoms with Gasteiger partial charge in [0.05, 0.1) is 18.1 Å². The molecule has 2 aromatic rings. The average Bonchev–Trinajstić information content (AvgIpc) is 3.37. The Bertz CT molecular complexity index is 1370. The van der Waals surface area contributed by atoms with Gasteiger partial charge in [0.15, 0.2) is 10.8 Å². The molecule has 7 nitrogen and oxygen atoms in total. The van der Waals surface area contributed by atoms with Crippen LogP contribution in [-0.2, 0) is 14.3 Å². The first-order valence-electron chi connectivity index (χ1n) is 11.2. The Kier molecular flexibility index (Phi) is 3.35. The third-order valence-corrected chi connectivity index (χ3v) is 11.2. The van der Waals surface area contributed by atoms with Gasteiger partial charge in [-0.3, -0.25) is 9.79 Å². The van der Waals surface area contributed by atoms with Crippen molar-refractivity contribution in [1.82, 2.24) is 10.3 Å². The van der Waals surface area contributed by atoms with Crippen LogP contribution in [0.1, 0.15) is 16.6 Å². The Morgan fingerprint density at radius 1 is 1.21 bits per heavy atom. The summed E-state index contributed by atoms with van der Waals surface area (Å²) in [6.07, 6.45) is 1.70. The second-order valence-corrected chi connectivity index (χ2v) is 11.9. The number of esters is 1. The minimum absolute atomic E-state index is 0.205. The summed E-state index contributed by atoms with van der Waals surface area (Å²) in [5.74, 6) is 0.493. The van der Waals surface area contributed by atoms with Crippen molar-refractivity contribution in [1.29, 1.82) is 0 Å². The van der Waals surface area contributed by atoms with Gasteiger partial charge < -0.3 is 15.2 Å². The minimum Gasteiger partial charge on any atom is -0.481 e. The molecule has 10 heteroatoms. The lowest BCUT2D eigenvalue weighted by Gasteiger charge is -3.10. The van der Waals surface area contributed by atoms with Crippen molar-refractivity contribution in [2.45, 2.75) is 6.04 Å². The third kappa shape index (κ3) is 1.66. The van der Waals surface area contributed by atoms with Gasteiger partial charge in [-0.1, -0.05) is 22.0 Å². The van der Waals surface area contributed by atoms with Gasteiger partial charge in [-0.2, -0.15) is 0 Å². The second-order valence-electron chi connectivity index (χ2n) is 10.1. The molecule has 0 saturated heterocycles. The number of aromatic nitrogens is 1. The minimum atomic E-state index is -0.702. The first-order valence-corrected chi connectivity index (χ1v) is 12.8. The summed E-state index contributed by atoms with van der Waals surface area (Å²) in [6, 6.07) is 3.66. The number of carboxylic acid groups (broad SMARTS) is 1. The molecule has 172 valence electrons. The molecular weight excluding hydrogens is 525 g/mol. The van der Waals surface area contributed by atoms with E-state index in [4.69, 9.17) is 9.73 Å². The fourth-order valence-corrected chi connectivity index (χ4v) is 10.2. The maximum Gasteiger partial charge on any atom is 0.338 e. The highest BCUT2D eigenvalue weighted by atomic mass is 79.9. The normalized spacial score (nSPS) is 43.1.